The molecule has 0 atom stereocenters. The first-order chi connectivity index (χ1) is 10.8. The van der Waals surface area contributed by atoms with Crippen LogP contribution >= 0.6 is 11.6 Å². The fourth-order valence-electron chi connectivity index (χ4n) is 2.09. The first kappa shape index (κ1) is 14.1. The Balaban J connectivity index is 1.89. The van der Waals surface area contributed by atoms with E-state index in [0.29, 0.717) is 16.1 Å². The molecule has 0 aliphatic rings. The van der Waals surface area contributed by atoms with E-state index in [1.165, 1.54) is 6.20 Å². The van der Waals surface area contributed by atoms with E-state index in [9.17, 15) is 5.26 Å². The maximum Gasteiger partial charge on any atom is 0.127 e. The zero-order chi connectivity index (χ0) is 15.4. The van der Waals surface area contributed by atoms with Gasteiger partial charge in [0, 0.05) is 18.0 Å². The Morgan fingerprint density at radius 3 is 2.27 bits per heavy atom. The monoisotopic (exact) mass is 306 g/mol. The van der Waals surface area contributed by atoms with Crippen LogP contribution < -0.4 is 4.74 Å². The number of nitrogens with zero attached hydrogens (tertiary/aromatic N) is 2. The van der Waals surface area contributed by atoms with Gasteiger partial charge in [-0.25, -0.2) is 0 Å². The molecule has 3 aromatic rings. The summed E-state index contributed by atoms with van der Waals surface area (Å²) in [6, 6.07) is 19.1. The second-order valence-corrected chi connectivity index (χ2v) is 5.00. The van der Waals surface area contributed by atoms with Crippen LogP contribution in [-0.2, 0) is 0 Å². The minimum Gasteiger partial charge on any atom is -0.457 e. The van der Waals surface area contributed by atoms with Gasteiger partial charge in [0.15, 0.2) is 0 Å². The summed E-state index contributed by atoms with van der Waals surface area (Å²) in [7, 11) is 0. The average Bonchev–Trinajstić information content (AvgIpc) is 2.56. The second kappa shape index (κ2) is 6.30. The number of pyridine rings is 1. The number of aromatic nitrogens is 1. The van der Waals surface area contributed by atoms with Gasteiger partial charge in [0.1, 0.15) is 17.6 Å². The van der Waals surface area contributed by atoms with E-state index in [2.05, 4.69) is 11.1 Å². The van der Waals surface area contributed by atoms with Crippen LogP contribution in [0.2, 0.25) is 5.02 Å². The highest BCUT2D eigenvalue weighted by atomic mass is 35.5. The average molecular weight is 307 g/mol. The molecule has 106 valence electrons. The predicted octanol–water partition coefficient (Wildman–Crippen LogP) is 5.07. The molecule has 3 nitrogen and oxygen atoms in total. The van der Waals surface area contributed by atoms with Gasteiger partial charge in [-0.1, -0.05) is 41.9 Å². The van der Waals surface area contributed by atoms with Gasteiger partial charge in [-0.3, -0.25) is 4.98 Å². The Bertz CT molecular complexity index is 824. The van der Waals surface area contributed by atoms with Crippen LogP contribution in [0.1, 0.15) is 5.56 Å². The summed E-state index contributed by atoms with van der Waals surface area (Å²) in [6.45, 7) is 0. The summed E-state index contributed by atoms with van der Waals surface area (Å²) < 4.78 is 5.74. The lowest BCUT2D eigenvalue weighted by atomic mass is 10.0. The van der Waals surface area contributed by atoms with Gasteiger partial charge < -0.3 is 4.74 Å². The van der Waals surface area contributed by atoms with Crippen molar-refractivity contribution in [3.63, 3.8) is 0 Å². The maximum atomic E-state index is 9.22. The zero-order valence-electron chi connectivity index (χ0n) is 11.5. The number of para-hydroxylation sites is 1. The molecule has 0 fully saturated rings. The third kappa shape index (κ3) is 2.93. The molecule has 0 saturated carbocycles. The number of nitriles is 1. The molecular formula is C18H11ClN2O. The molecule has 0 aliphatic heterocycles. The predicted molar refractivity (Wildman–Crippen MR) is 85.9 cm³/mol. The number of rotatable bonds is 3. The van der Waals surface area contributed by atoms with Crippen molar-refractivity contribution in [1.82, 2.24) is 4.98 Å². The summed E-state index contributed by atoms with van der Waals surface area (Å²) in [6.07, 6.45) is 3.11. The lowest BCUT2D eigenvalue weighted by molar-refractivity contribution is 0.483. The molecule has 2 aromatic carbocycles. The fraction of sp³-hybridized carbons (Fsp3) is 0. The van der Waals surface area contributed by atoms with Gasteiger partial charge in [-0.15, -0.1) is 0 Å². The Kier molecular flexibility index (Phi) is 4.04. The molecular weight excluding hydrogens is 296 g/mol. The van der Waals surface area contributed by atoms with E-state index in [-0.39, 0.29) is 0 Å². The normalized spacial score (nSPS) is 10.0. The fourth-order valence-corrected chi connectivity index (χ4v) is 2.30. The van der Waals surface area contributed by atoms with Gasteiger partial charge in [0.2, 0.25) is 0 Å². The molecule has 0 spiro atoms. The zero-order valence-corrected chi connectivity index (χ0v) is 12.3. The molecule has 1 heterocycles. The summed E-state index contributed by atoms with van der Waals surface area (Å²) >= 11 is 6.01. The van der Waals surface area contributed by atoms with Crippen molar-refractivity contribution in [2.75, 3.05) is 0 Å². The Morgan fingerprint density at radius 1 is 0.909 bits per heavy atom. The van der Waals surface area contributed by atoms with Gasteiger partial charge in [0.25, 0.3) is 0 Å². The molecule has 0 amide bonds. The van der Waals surface area contributed by atoms with Gasteiger partial charge in [-0.05, 0) is 29.8 Å². The molecule has 0 bridgehead atoms. The lowest BCUT2D eigenvalue weighted by Crippen LogP contribution is -1.89. The van der Waals surface area contributed by atoms with Crippen molar-refractivity contribution >= 4 is 11.6 Å². The molecule has 0 radical (unpaired) electrons. The van der Waals surface area contributed by atoms with Gasteiger partial charge in [-0.2, -0.15) is 5.26 Å². The molecule has 1 aromatic heterocycles. The number of hydrogen-bond donors (Lipinski definition) is 0. The van der Waals surface area contributed by atoms with Crippen LogP contribution in [0.5, 0.6) is 11.5 Å². The summed E-state index contributed by atoms with van der Waals surface area (Å²) in [5.41, 5.74) is 2.00. The number of hydrogen-bond acceptors (Lipinski definition) is 3. The van der Waals surface area contributed by atoms with Crippen molar-refractivity contribution in [3.05, 3.63) is 77.6 Å². The van der Waals surface area contributed by atoms with E-state index in [0.717, 1.165) is 17.1 Å². The molecule has 0 N–H and O–H groups in total. The molecule has 0 unspecified atom stereocenters. The molecule has 4 heteroatoms. The van der Waals surface area contributed by atoms with Crippen molar-refractivity contribution in [1.29, 1.82) is 5.26 Å². The second-order valence-electron chi connectivity index (χ2n) is 4.60. The van der Waals surface area contributed by atoms with Crippen LogP contribution in [0.3, 0.4) is 0 Å². The number of ether oxygens (including phenoxy) is 1. The molecule has 22 heavy (non-hydrogen) atoms. The number of halogens is 1. The molecule has 3 rings (SSSR count). The van der Waals surface area contributed by atoms with Crippen LogP contribution in [0.15, 0.2) is 67.0 Å². The van der Waals surface area contributed by atoms with Crippen LogP contribution in [-0.4, -0.2) is 4.98 Å². The summed E-state index contributed by atoms with van der Waals surface area (Å²) in [4.78, 5) is 4.05. The first-order valence-corrected chi connectivity index (χ1v) is 7.02. The van der Waals surface area contributed by atoms with Crippen molar-refractivity contribution < 1.29 is 4.74 Å². The highest BCUT2D eigenvalue weighted by Crippen LogP contribution is 2.29. The topological polar surface area (TPSA) is 45.9 Å². The van der Waals surface area contributed by atoms with E-state index in [1.807, 2.05) is 54.6 Å². The lowest BCUT2D eigenvalue weighted by Gasteiger charge is -2.08. The minimum absolute atomic E-state index is 0.351. The minimum atomic E-state index is 0.351. The third-order valence-electron chi connectivity index (χ3n) is 3.16. The largest absolute Gasteiger partial charge is 0.457 e. The van der Waals surface area contributed by atoms with Crippen molar-refractivity contribution in [2.24, 2.45) is 0 Å². The standard InChI is InChI=1S/C18H11ClN2O/c19-18-12-21-11-17(16(18)10-20)13-6-8-15(9-7-13)22-14-4-2-1-3-5-14/h1-9,11-12H. The SMILES string of the molecule is N#Cc1c(Cl)cncc1-c1ccc(Oc2ccccc2)cc1. The maximum absolute atomic E-state index is 9.22. The first-order valence-electron chi connectivity index (χ1n) is 6.65. The quantitative estimate of drug-likeness (QED) is 0.679. The van der Waals surface area contributed by atoms with E-state index < -0.39 is 0 Å². The van der Waals surface area contributed by atoms with Crippen molar-refractivity contribution in [3.8, 4) is 28.7 Å². The van der Waals surface area contributed by atoms with E-state index >= 15 is 0 Å². The van der Waals surface area contributed by atoms with E-state index in [1.54, 1.807) is 6.20 Å². The number of benzene rings is 2. The Hall–Kier alpha value is -2.83. The van der Waals surface area contributed by atoms with E-state index in [4.69, 9.17) is 16.3 Å². The van der Waals surface area contributed by atoms with Gasteiger partial charge >= 0.3 is 0 Å². The summed E-state index contributed by atoms with van der Waals surface area (Å²) in [5.74, 6) is 1.50. The summed E-state index contributed by atoms with van der Waals surface area (Å²) in [5, 5.41) is 9.57. The molecule has 0 aliphatic carbocycles. The Morgan fingerprint density at radius 2 is 1.59 bits per heavy atom. The smallest absolute Gasteiger partial charge is 0.127 e. The molecule has 0 saturated heterocycles. The third-order valence-corrected chi connectivity index (χ3v) is 3.44. The van der Waals surface area contributed by atoms with Crippen LogP contribution in [0, 0.1) is 11.3 Å². The van der Waals surface area contributed by atoms with Gasteiger partial charge in [0.05, 0.1) is 10.6 Å². The van der Waals surface area contributed by atoms with Crippen LogP contribution in [0.25, 0.3) is 11.1 Å². The highest BCUT2D eigenvalue weighted by molar-refractivity contribution is 6.32. The Labute approximate surface area is 133 Å². The van der Waals surface area contributed by atoms with Crippen LogP contribution in [0.4, 0.5) is 0 Å². The highest BCUT2D eigenvalue weighted by Gasteiger charge is 2.09. The van der Waals surface area contributed by atoms with Crippen molar-refractivity contribution in [2.45, 2.75) is 0 Å².